The quantitative estimate of drug-likeness (QED) is 0.338. The van der Waals surface area contributed by atoms with Crippen LogP contribution in [0.2, 0.25) is 0 Å². The van der Waals surface area contributed by atoms with Gasteiger partial charge in [-0.15, -0.1) is 0 Å². The number of nitrogens with zero attached hydrogens (tertiary/aromatic N) is 5. The molecule has 0 atom stereocenters. The molecule has 11 nitrogen and oxygen atoms in total. The topological polar surface area (TPSA) is 138 Å². The zero-order valence-corrected chi connectivity index (χ0v) is 14.7. The van der Waals surface area contributed by atoms with E-state index in [1.54, 1.807) is 25.1 Å². The Kier molecular flexibility index (Phi) is 6.81. The maximum atomic E-state index is 12.0. The minimum absolute atomic E-state index is 0.0618. The third-order valence-corrected chi connectivity index (χ3v) is 3.97. The molecule has 1 amide bonds. The van der Waals surface area contributed by atoms with E-state index in [1.165, 1.54) is 6.07 Å². The molecule has 0 saturated heterocycles. The van der Waals surface area contributed by atoms with E-state index in [0.717, 1.165) is 0 Å². The summed E-state index contributed by atoms with van der Waals surface area (Å²) in [6, 6.07) is 2.95. The number of rotatable bonds is 10. The number of aromatic nitrogens is 2. The Morgan fingerprint density at radius 1 is 1.31 bits per heavy atom. The highest BCUT2D eigenvalue weighted by Gasteiger charge is 2.21. The molecule has 2 N–H and O–H groups in total. The van der Waals surface area contributed by atoms with E-state index in [0.29, 0.717) is 37.3 Å². The van der Waals surface area contributed by atoms with Gasteiger partial charge in [-0.1, -0.05) is 0 Å². The molecule has 0 aliphatic carbocycles. The standard InChI is InChI=1S/C15H22N6O5/c1-19(7-8-20(2)13(23)10-16-6-3-9-22)11-4-5-12(21(24)25)15-14(11)17-26-18-15/h4-5,16,22H,3,6-10H2,1-2H3. The molecule has 26 heavy (non-hydrogen) atoms. The molecule has 0 fully saturated rings. The number of non-ortho nitro benzene ring substituents is 1. The first kappa shape index (κ1) is 19.5. The molecule has 1 aromatic carbocycles. The molecule has 1 aromatic heterocycles. The molecule has 0 saturated carbocycles. The van der Waals surface area contributed by atoms with Crippen LogP contribution in [0.3, 0.4) is 0 Å². The Morgan fingerprint density at radius 2 is 2.04 bits per heavy atom. The van der Waals surface area contributed by atoms with Gasteiger partial charge in [0.15, 0.2) is 5.52 Å². The smallest absolute Gasteiger partial charge is 0.300 e. The van der Waals surface area contributed by atoms with Crippen LogP contribution < -0.4 is 10.2 Å². The van der Waals surface area contributed by atoms with Crippen molar-refractivity contribution in [3.63, 3.8) is 0 Å². The van der Waals surface area contributed by atoms with E-state index < -0.39 is 4.92 Å². The number of anilines is 1. The van der Waals surface area contributed by atoms with Crippen LogP contribution in [-0.4, -0.2) is 78.0 Å². The van der Waals surface area contributed by atoms with Crippen molar-refractivity contribution in [3.8, 4) is 0 Å². The predicted molar refractivity (Wildman–Crippen MR) is 93.9 cm³/mol. The van der Waals surface area contributed by atoms with Crippen LogP contribution in [0.5, 0.6) is 0 Å². The highest BCUT2D eigenvalue weighted by Crippen LogP contribution is 2.30. The van der Waals surface area contributed by atoms with Crippen LogP contribution in [0.4, 0.5) is 11.4 Å². The van der Waals surface area contributed by atoms with Gasteiger partial charge in [0.1, 0.15) is 0 Å². The summed E-state index contributed by atoms with van der Waals surface area (Å²) in [6.07, 6.45) is 0.599. The second-order valence-corrected chi connectivity index (χ2v) is 5.81. The summed E-state index contributed by atoms with van der Waals surface area (Å²) < 4.78 is 4.65. The molecule has 0 unspecified atom stereocenters. The molecule has 0 aliphatic heterocycles. The summed E-state index contributed by atoms with van der Waals surface area (Å²) in [5.74, 6) is -0.0618. The number of hydrogen-bond donors (Lipinski definition) is 2. The van der Waals surface area contributed by atoms with Crippen LogP contribution in [0.1, 0.15) is 6.42 Å². The number of likely N-dealkylation sites (N-methyl/N-ethyl adjacent to an activating group) is 2. The van der Waals surface area contributed by atoms with Crippen molar-refractivity contribution in [3.05, 3.63) is 22.2 Å². The molecule has 2 aromatic rings. The van der Waals surface area contributed by atoms with E-state index in [4.69, 9.17) is 5.11 Å². The lowest BCUT2D eigenvalue weighted by Crippen LogP contribution is -2.40. The van der Waals surface area contributed by atoms with Crippen LogP contribution in [0.15, 0.2) is 16.8 Å². The summed E-state index contributed by atoms with van der Waals surface area (Å²) in [6.45, 7) is 1.83. The second kappa shape index (κ2) is 9.06. The minimum Gasteiger partial charge on any atom is -0.396 e. The third-order valence-electron chi connectivity index (χ3n) is 3.97. The van der Waals surface area contributed by atoms with Crippen LogP contribution in [0, 0.1) is 10.1 Å². The molecule has 2 rings (SSSR count). The first-order valence-electron chi connectivity index (χ1n) is 8.12. The number of benzene rings is 1. The fourth-order valence-electron chi connectivity index (χ4n) is 2.38. The number of fused-ring (bicyclic) bond motifs is 1. The molecule has 0 spiro atoms. The first-order chi connectivity index (χ1) is 12.5. The van der Waals surface area contributed by atoms with Crippen LogP contribution in [0.25, 0.3) is 11.0 Å². The van der Waals surface area contributed by atoms with Crippen molar-refractivity contribution in [2.24, 2.45) is 0 Å². The molecule has 142 valence electrons. The number of nitro groups is 1. The van der Waals surface area contributed by atoms with Gasteiger partial charge in [0.05, 0.1) is 17.2 Å². The molecule has 1 heterocycles. The lowest BCUT2D eigenvalue weighted by Gasteiger charge is -2.24. The van der Waals surface area contributed by atoms with Gasteiger partial charge >= 0.3 is 5.69 Å². The lowest BCUT2D eigenvalue weighted by molar-refractivity contribution is -0.383. The number of amides is 1. The SMILES string of the molecule is CN(CCN(C)c1ccc([N+](=O)[O-])c2nonc12)C(=O)CNCCCO. The lowest BCUT2D eigenvalue weighted by atomic mass is 10.2. The molecule has 0 radical (unpaired) electrons. The number of aliphatic hydroxyl groups excluding tert-OH is 1. The number of nitro benzene ring substituents is 1. The summed E-state index contributed by atoms with van der Waals surface area (Å²) in [5.41, 5.74) is 0.867. The second-order valence-electron chi connectivity index (χ2n) is 5.81. The Balaban J connectivity index is 1.96. The zero-order chi connectivity index (χ0) is 19.1. The average molecular weight is 366 g/mol. The monoisotopic (exact) mass is 366 g/mol. The normalized spacial score (nSPS) is 10.9. The van der Waals surface area contributed by atoms with Gasteiger partial charge in [-0.05, 0) is 29.3 Å². The van der Waals surface area contributed by atoms with Crippen molar-refractivity contribution in [1.82, 2.24) is 20.5 Å². The summed E-state index contributed by atoms with van der Waals surface area (Å²) in [5, 5.41) is 30.1. The Bertz CT molecular complexity index is 764. The number of carbonyl (C=O) groups excluding carboxylic acids is 1. The van der Waals surface area contributed by atoms with Crippen LogP contribution in [-0.2, 0) is 4.79 Å². The predicted octanol–water partition coefficient (Wildman–Crippen LogP) is -0.00240. The maximum Gasteiger partial charge on any atom is 0.300 e. The number of aliphatic hydroxyl groups is 1. The Labute approximate surface area is 149 Å². The zero-order valence-electron chi connectivity index (χ0n) is 14.7. The van der Waals surface area contributed by atoms with E-state index in [9.17, 15) is 14.9 Å². The van der Waals surface area contributed by atoms with Gasteiger partial charge in [0.2, 0.25) is 11.4 Å². The van der Waals surface area contributed by atoms with Gasteiger partial charge < -0.3 is 20.2 Å². The van der Waals surface area contributed by atoms with E-state index >= 15 is 0 Å². The Morgan fingerprint density at radius 3 is 2.73 bits per heavy atom. The van der Waals surface area contributed by atoms with E-state index in [-0.39, 0.29) is 30.3 Å². The molecular weight excluding hydrogens is 344 g/mol. The minimum atomic E-state index is -0.535. The first-order valence-corrected chi connectivity index (χ1v) is 8.12. The highest BCUT2D eigenvalue weighted by atomic mass is 16.6. The summed E-state index contributed by atoms with van der Waals surface area (Å²) in [4.78, 5) is 25.9. The fraction of sp³-hybridized carbons (Fsp3) is 0.533. The largest absolute Gasteiger partial charge is 0.396 e. The molecule has 11 heteroatoms. The number of carbonyl (C=O) groups is 1. The van der Waals surface area contributed by atoms with Crippen molar-refractivity contribution in [2.75, 3.05) is 51.8 Å². The molecular formula is C15H22N6O5. The molecule has 0 aliphatic rings. The highest BCUT2D eigenvalue weighted by molar-refractivity contribution is 5.93. The van der Waals surface area contributed by atoms with Crippen molar-refractivity contribution >= 4 is 28.3 Å². The van der Waals surface area contributed by atoms with Crippen LogP contribution >= 0.6 is 0 Å². The van der Waals surface area contributed by atoms with Gasteiger partial charge in [0, 0.05) is 39.9 Å². The third kappa shape index (κ3) is 4.64. The maximum absolute atomic E-state index is 12.0. The van der Waals surface area contributed by atoms with Gasteiger partial charge in [-0.3, -0.25) is 14.9 Å². The van der Waals surface area contributed by atoms with Crippen molar-refractivity contribution in [2.45, 2.75) is 6.42 Å². The summed E-state index contributed by atoms with van der Waals surface area (Å²) >= 11 is 0. The van der Waals surface area contributed by atoms with Gasteiger partial charge in [-0.2, -0.15) is 0 Å². The fourth-order valence-corrected chi connectivity index (χ4v) is 2.38. The van der Waals surface area contributed by atoms with E-state index in [1.807, 2.05) is 4.90 Å². The van der Waals surface area contributed by atoms with Crippen molar-refractivity contribution < 1.29 is 19.5 Å². The number of nitrogens with one attached hydrogen (secondary N) is 1. The summed E-state index contributed by atoms with van der Waals surface area (Å²) in [7, 11) is 3.50. The Hall–Kier alpha value is -2.79. The average Bonchev–Trinajstić information content (AvgIpc) is 3.11. The van der Waals surface area contributed by atoms with Gasteiger partial charge in [0.25, 0.3) is 0 Å². The molecule has 0 bridgehead atoms. The van der Waals surface area contributed by atoms with Crippen molar-refractivity contribution in [1.29, 1.82) is 0 Å². The van der Waals surface area contributed by atoms with Gasteiger partial charge in [-0.25, -0.2) is 4.63 Å². The van der Waals surface area contributed by atoms with E-state index in [2.05, 4.69) is 20.3 Å². The number of hydrogen-bond acceptors (Lipinski definition) is 9.